The number of hydrogen-bond donors (Lipinski definition) is 1. The summed E-state index contributed by atoms with van der Waals surface area (Å²) in [6.45, 7) is 6.15. The van der Waals surface area contributed by atoms with Crippen LogP contribution in [0.25, 0.3) is 0 Å². The highest BCUT2D eigenvalue weighted by atomic mass is 35.5. The number of carbonyl (C=O) groups is 1. The van der Waals surface area contributed by atoms with Crippen LogP contribution in [-0.2, 0) is 16.1 Å². The number of ether oxygens (including phenoxy) is 2. The maximum absolute atomic E-state index is 11.5. The molecule has 0 bridgehead atoms. The number of methoxy groups -OCH3 is 1. The lowest BCUT2D eigenvalue weighted by molar-refractivity contribution is -0.153. The highest BCUT2D eigenvalue weighted by molar-refractivity contribution is 6.30. The molecule has 106 valence electrons. The third-order valence-corrected chi connectivity index (χ3v) is 2.48. The Morgan fingerprint density at radius 1 is 1.37 bits per heavy atom. The van der Waals surface area contributed by atoms with Gasteiger partial charge in [0.1, 0.15) is 11.4 Å². The van der Waals surface area contributed by atoms with Crippen molar-refractivity contribution in [2.24, 2.45) is 0 Å². The van der Waals surface area contributed by atoms with Crippen molar-refractivity contribution in [3.8, 4) is 5.75 Å². The Balaban J connectivity index is 2.49. The van der Waals surface area contributed by atoms with Gasteiger partial charge >= 0.3 is 5.97 Å². The molecule has 0 amide bonds. The SMILES string of the molecule is COc1ccc(Cl)cc1CNCC(=O)OC(C)(C)C. The van der Waals surface area contributed by atoms with Crippen LogP contribution in [0.1, 0.15) is 26.3 Å². The highest BCUT2D eigenvalue weighted by Crippen LogP contribution is 2.22. The molecular weight excluding hydrogens is 266 g/mol. The Bertz CT molecular complexity index is 441. The molecule has 0 spiro atoms. The second-order valence-corrected chi connectivity index (χ2v) is 5.58. The molecule has 0 saturated carbocycles. The van der Waals surface area contributed by atoms with Crippen LogP contribution in [0, 0.1) is 0 Å². The first-order chi connectivity index (χ1) is 8.81. The van der Waals surface area contributed by atoms with Crippen LogP contribution in [0.3, 0.4) is 0 Å². The molecule has 1 N–H and O–H groups in total. The van der Waals surface area contributed by atoms with Crippen LogP contribution in [-0.4, -0.2) is 25.2 Å². The summed E-state index contributed by atoms with van der Waals surface area (Å²) in [5.41, 5.74) is 0.436. The molecule has 0 aliphatic rings. The number of rotatable bonds is 5. The molecule has 0 aromatic heterocycles. The minimum Gasteiger partial charge on any atom is -0.496 e. The molecule has 1 aromatic rings. The minimum atomic E-state index is -0.466. The van der Waals surface area contributed by atoms with Gasteiger partial charge in [-0.05, 0) is 39.0 Å². The summed E-state index contributed by atoms with van der Waals surface area (Å²) >= 11 is 5.93. The molecule has 0 unspecified atom stereocenters. The van der Waals surface area contributed by atoms with E-state index < -0.39 is 5.60 Å². The number of halogens is 1. The number of carbonyl (C=O) groups excluding carboxylic acids is 1. The van der Waals surface area contributed by atoms with Gasteiger partial charge in [0, 0.05) is 17.1 Å². The highest BCUT2D eigenvalue weighted by Gasteiger charge is 2.15. The fraction of sp³-hybridized carbons (Fsp3) is 0.500. The van der Waals surface area contributed by atoms with Crippen molar-refractivity contribution in [2.45, 2.75) is 32.9 Å². The fourth-order valence-corrected chi connectivity index (χ4v) is 1.76. The average Bonchev–Trinajstić information content (AvgIpc) is 2.27. The molecule has 0 saturated heterocycles. The molecule has 1 rings (SSSR count). The summed E-state index contributed by atoms with van der Waals surface area (Å²) in [4.78, 5) is 11.5. The third-order valence-electron chi connectivity index (χ3n) is 2.25. The van der Waals surface area contributed by atoms with Crippen LogP contribution in [0.2, 0.25) is 5.02 Å². The van der Waals surface area contributed by atoms with Crippen LogP contribution >= 0.6 is 11.6 Å². The number of nitrogens with one attached hydrogen (secondary N) is 1. The lowest BCUT2D eigenvalue weighted by Crippen LogP contribution is -2.31. The van der Waals surface area contributed by atoms with Gasteiger partial charge in [-0.2, -0.15) is 0 Å². The van der Waals surface area contributed by atoms with Crippen molar-refractivity contribution in [3.63, 3.8) is 0 Å². The Morgan fingerprint density at radius 2 is 2.05 bits per heavy atom. The first-order valence-corrected chi connectivity index (χ1v) is 6.44. The van der Waals surface area contributed by atoms with Crippen molar-refractivity contribution in [2.75, 3.05) is 13.7 Å². The molecule has 0 aliphatic heterocycles. The maximum Gasteiger partial charge on any atom is 0.320 e. The quantitative estimate of drug-likeness (QED) is 0.845. The predicted molar refractivity (Wildman–Crippen MR) is 75.6 cm³/mol. The van der Waals surface area contributed by atoms with Gasteiger partial charge < -0.3 is 14.8 Å². The monoisotopic (exact) mass is 285 g/mol. The second kappa shape index (κ2) is 6.78. The molecule has 0 aliphatic carbocycles. The number of esters is 1. The standard InChI is InChI=1S/C14H20ClNO3/c1-14(2,3)19-13(17)9-16-8-10-7-11(15)5-6-12(10)18-4/h5-7,16H,8-9H2,1-4H3. The molecule has 0 fully saturated rings. The van der Waals surface area contributed by atoms with E-state index in [1.165, 1.54) is 0 Å². The van der Waals surface area contributed by atoms with Gasteiger partial charge in [0.05, 0.1) is 13.7 Å². The van der Waals surface area contributed by atoms with E-state index in [0.29, 0.717) is 11.6 Å². The summed E-state index contributed by atoms with van der Waals surface area (Å²) in [6.07, 6.45) is 0. The lowest BCUT2D eigenvalue weighted by atomic mass is 10.2. The van der Waals surface area contributed by atoms with Gasteiger partial charge in [0.25, 0.3) is 0 Å². The average molecular weight is 286 g/mol. The number of hydrogen-bond acceptors (Lipinski definition) is 4. The van der Waals surface area contributed by atoms with E-state index in [2.05, 4.69) is 5.32 Å². The molecule has 0 atom stereocenters. The van der Waals surface area contributed by atoms with Gasteiger partial charge in [0.2, 0.25) is 0 Å². The van der Waals surface area contributed by atoms with Gasteiger partial charge in [-0.3, -0.25) is 4.79 Å². The van der Waals surface area contributed by atoms with E-state index in [9.17, 15) is 4.79 Å². The van der Waals surface area contributed by atoms with Crippen molar-refractivity contribution >= 4 is 17.6 Å². The second-order valence-electron chi connectivity index (χ2n) is 5.15. The van der Waals surface area contributed by atoms with Gasteiger partial charge in [-0.15, -0.1) is 0 Å². The molecule has 1 aromatic carbocycles. The fourth-order valence-electron chi connectivity index (χ4n) is 1.56. The summed E-state index contributed by atoms with van der Waals surface area (Å²) in [6, 6.07) is 5.37. The van der Waals surface area contributed by atoms with Gasteiger partial charge in [0.15, 0.2) is 0 Å². The molecular formula is C14H20ClNO3. The smallest absolute Gasteiger partial charge is 0.320 e. The largest absolute Gasteiger partial charge is 0.496 e. The molecule has 0 heterocycles. The Kier molecular flexibility index (Phi) is 5.63. The van der Waals surface area contributed by atoms with Crippen molar-refractivity contribution in [1.29, 1.82) is 0 Å². The summed E-state index contributed by atoms with van der Waals surface area (Å²) in [5, 5.41) is 3.65. The van der Waals surface area contributed by atoms with E-state index in [4.69, 9.17) is 21.1 Å². The van der Waals surface area contributed by atoms with Gasteiger partial charge in [-0.1, -0.05) is 11.6 Å². The Labute approximate surface area is 119 Å². The van der Waals surface area contributed by atoms with Crippen LogP contribution in [0.5, 0.6) is 5.75 Å². The maximum atomic E-state index is 11.5. The first kappa shape index (κ1) is 15.8. The predicted octanol–water partition coefficient (Wildman–Crippen LogP) is 2.78. The van der Waals surface area contributed by atoms with Crippen LogP contribution in [0.15, 0.2) is 18.2 Å². The van der Waals surface area contributed by atoms with Crippen molar-refractivity contribution < 1.29 is 14.3 Å². The zero-order chi connectivity index (χ0) is 14.5. The van der Waals surface area contributed by atoms with Crippen LogP contribution in [0.4, 0.5) is 0 Å². The molecule has 19 heavy (non-hydrogen) atoms. The Morgan fingerprint density at radius 3 is 2.63 bits per heavy atom. The number of benzene rings is 1. The minimum absolute atomic E-state index is 0.146. The lowest BCUT2D eigenvalue weighted by Gasteiger charge is -2.19. The summed E-state index contributed by atoms with van der Waals surface area (Å²) in [7, 11) is 1.60. The molecule has 5 heteroatoms. The third kappa shape index (κ3) is 5.94. The normalized spacial score (nSPS) is 11.2. The van der Waals surface area contributed by atoms with Gasteiger partial charge in [-0.25, -0.2) is 0 Å². The topological polar surface area (TPSA) is 47.6 Å². The summed E-state index contributed by atoms with van der Waals surface area (Å²) in [5.74, 6) is 0.453. The van der Waals surface area contributed by atoms with E-state index in [-0.39, 0.29) is 12.5 Å². The van der Waals surface area contributed by atoms with Crippen molar-refractivity contribution in [3.05, 3.63) is 28.8 Å². The first-order valence-electron chi connectivity index (χ1n) is 6.07. The van der Waals surface area contributed by atoms with E-state index in [1.54, 1.807) is 19.2 Å². The Hall–Kier alpha value is -1.26. The zero-order valence-corrected chi connectivity index (χ0v) is 12.5. The van der Waals surface area contributed by atoms with E-state index >= 15 is 0 Å². The van der Waals surface area contributed by atoms with Crippen LogP contribution < -0.4 is 10.1 Å². The zero-order valence-electron chi connectivity index (χ0n) is 11.7. The molecule has 4 nitrogen and oxygen atoms in total. The summed E-state index contributed by atoms with van der Waals surface area (Å²) < 4.78 is 10.4. The van der Waals surface area contributed by atoms with E-state index in [1.807, 2.05) is 26.8 Å². The van der Waals surface area contributed by atoms with Crippen molar-refractivity contribution in [1.82, 2.24) is 5.32 Å². The molecule has 0 radical (unpaired) electrons. The van der Waals surface area contributed by atoms with E-state index in [0.717, 1.165) is 11.3 Å².